The predicted molar refractivity (Wildman–Crippen MR) is 73.6 cm³/mol. The van der Waals surface area contributed by atoms with Gasteiger partial charge in [0.15, 0.2) is 5.82 Å². The van der Waals surface area contributed by atoms with Crippen molar-refractivity contribution >= 4 is 28.4 Å². The van der Waals surface area contributed by atoms with Gasteiger partial charge in [-0.05, 0) is 41.6 Å². The van der Waals surface area contributed by atoms with E-state index in [9.17, 15) is 0 Å². The van der Waals surface area contributed by atoms with Gasteiger partial charge in [-0.15, -0.1) is 10.2 Å². The summed E-state index contributed by atoms with van der Waals surface area (Å²) in [5, 5.41) is 17.1. The molecule has 1 aliphatic heterocycles. The summed E-state index contributed by atoms with van der Waals surface area (Å²) in [6, 6.07) is 6.24. The fraction of sp³-hybridized carbons (Fsp3) is 0.545. The van der Waals surface area contributed by atoms with Gasteiger partial charge in [0.2, 0.25) is 0 Å². The van der Waals surface area contributed by atoms with Crippen LogP contribution < -0.4 is 4.90 Å². The fourth-order valence-electron chi connectivity index (χ4n) is 1.90. The molecular weight excluding hydrogens is 329 g/mol. The Morgan fingerprint density at radius 2 is 2.00 bits per heavy atom. The zero-order valence-electron chi connectivity index (χ0n) is 9.67. The van der Waals surface area contributed by atoms with Crippen LogP contribution >= 0.6 is 22.6 Å². The lowest BCUT2D eigenvalue weighted by Crippen LogP contribution is -2.49. The highest BCUT2D eigenvalue weighted by Crippen LogP contribution is 2.14. The van der Waals surface area contributed by atoms with E-state index < -0.39 is 0 Å². The molecule has 2 heterocycles. The van der Waals surface area contributed by atoms with Crippen LogP contribution in [0.3, 0.4) is 0 Å². The summed E-state index contributed by atoms with van der Waals surface area (Å²) in [6.07, 6.45) is 0. The summed E-state index contributed by atoms with van der Waals surface area (Å²) in [5.41, 5.74) is 0. The van der Waals surface area contributed by atoms with Crippen LogP contribution in [0.25, 0.3) is 0 Å². The number of hydrogen-bond acceptors (Lipinski definition) is 5. The van der Waals surface area contributed by atoms with Gasteiger partial charge in [0.1, 0.15) is 3.70 Å². The summed E-state index contributed by atoms with van der Waals surface area (Å²) in [4.78, 5) is 4.40. The van der Waals surface area contributed by atoms with Crippen LogP contribution in [0.2, 0.25) is 0 Å². The fourth-order valence-corrected chi connectivity index (χ4v) is 2.19. The summed E-state index contributed by atoms with van der Waals surface area (Å²) in [6.45, 7) is 5.56. The van der Waals surface area contributed by atoms with Gasteiger partial charge in [-0.1, -0.05) is 0 Å². The highest BCUT2D eigenvalue weighted by Gasteiger charge is 2.21. The smallest absolute Gasteiger partial charge is 0.151 e. The molecule has 90 valence electrons. The highest BCUT2D eigenvalue weighted by atomic mass is 127. The average molecular weight is 343 g/mol. The van der Waals surface area contributed by atoms with Crippen molar-refractivity contribution in [1.29, 1.82) is 5.26 Å². The maximum absolute atomic E-state index is 8.87. The van der Waals surface area contributed by atoms with E-state index in [2.05, 4.69) is 48.7 Å². The Bertz CT molecular complexity index is 405. The second-order valence-electron chi connectivity index (χ2n) is 4.04. The maximum atomic E-state index is 8.87. The quantitative estimate of drug-likeness (QED) is 0.754. The minimum absolute atomic E-state index is 0.0000408. The lowest BCUT2D eigenvalue weighted by molar-refractivity contribution is 0.231. The third kappa shape index (κ3) is 3.04. The molecule has 1 aliphatic rings. The standard InChI is InChI=1S/C11H14IN5/c1-9(8-13)16-4-6-17(7-5-16)11-3-2-10(12)14-15-11/h2-3,9H,4-7H2,1H3. The normalized spacial score (nSPS) is 18.8. The number of rotatable bonds is 2. The molecule has 0 saturated carbocycles. The van der Waals surface area contributed by atoms with E-state index in [1.807, 2.05) is 19.1 Å². The summed E-state index contributed by atoms with van der Waals surface area (Å²) >= 11 is 2.15. The molecule has 17 heavy (non-hydrogen) atoms. The van der Waals surface area contributed by atoms with E-state index in [-0.39, 0.29) is 6.04 Å². The van der Waals surface area contributed by atoms with Crippen LogP contribution in [0.4, 0.5) is 5.82 Å². The molecule has 1 aromatic heterocycles. The van der Waals surface area contributed by atoms with E-state index in [0.717, 1.165) is 35.7 Å². The average Bonchev–Trinajstić information content (AvgIpc) is 2.39. The van der Waals surface area contributed by atoms with Crippen LogP contribution in [-0.4, -0.2) is 47.3 Å². The van der Waals surface area contributed by atoms with Crippen molar-refractivity contribution in [3.63, 3.8) is 0 Å². The number of aromatic nitrogens is 2. The van der Waals surface area contributed by atoms with Gasteiger partial charge in [0.25, 0.3) is 0 Å². The van der Waals surface area contributed by atoms with E-state index in [0.29, 0.717) is 0 Å². The molecule has 0 aromatic carbocycles. The Morgan fingerprint density at radius 1 is 1.29 bits per heavy atom. The number of halogens is 1. The number of anilines is 1. The molecule has 1 aromatic rings. The molecule has 0 aliphatic carbocycles. The highest BCUT2D eigenvalue weighted by molar-refractivity contribution is 14.1. The lowest BCUT2D eigenvalue weighted by atomic mass is 10.2. The van der Waals surface area contributed by atoms with Crippen molar-refractivity contribution in [2.75, 3.05) is 31.1 Å². The Morgan fingerprint density at radius 3 is 2.53 bits per heavy atom. The van der Waals surface area contributed by atoms with Crippen molar-refractivity contribution in [3.05, 3.63) is 15.8 Å². The first kappa shape index (κ1) is 12.5. The van der Waals surface area contributed by atoms with Gasteiger partial charge in [-0.2, -0.15) is 5.26 Å². The molecule has 1 atom stereocenters. The number of piperazine rings is 1. The first-order valence-corrected chi connectivity index (χ1v) is 6.66. The van der Waals surface area contributed by atoms with E-state index in [1.54, 1.807) is 0 Å². The second-order valence-corrected chi connectivity index (χ2v) is 5.15. The van der Waals surface area contributed by atoms with Gasteiger partial charge in [0, 0.05) is 26.2 Å². The van der Waals surface area contributed by atoms with Gasteiger partial charge in [-0.3, -0.25) is 4.90 Å². The van der Waals surface area contributed by atoms with Crippen molar-refractivity contribution in [2.24, 2.45) is 0 Å². The molecule has 1 unspecified atom stereocenters. The lowest BCUT2D eigenvalue weighted by Gasteiger charge is -2.36. The summed E-state index contributed by atoms with van der Waals surface area (Å²) < 4.78 is 0.906. The monoisotopic (exact) mass is 343 g/mol. The summed E-state index contributed by atoms with van der Waals surface area (Å²) in [7, 11) is 0. The van der Waals surface area contributed by atoms with Gasteiger partial charge < -0.3 is 4.90 Å². The summed E-state index contributed by atoms with van der Waals surface area (Å²) in [5.74, 6) is 0.926. The van der Waals surface area contributed by atoms with E-state index >= 15 is 0 Å². The van der Waals surface area contributed by atoms with Crippen LogP contribution in [0.15, 0.2) is 12.1 Å². The van der Waals surface area contributed by atoms with Crippen molar-refractivity contribution in [1.82, 2.24) is 15.1 Å². The molecule has 1 saturated heterocycles. The minimum Gasteiger partial charge on any atom is -0.353 e. The van der Waals surface area contributed by atoms with Gasteiger partial charge in [-0.25, -0.2) is 0 Å². The third-order valence-electron chi connectivity index (χ3n) is 2.99. The molecule has 0 amide bonds. The predicted octanol–water partition coefficient (Wildman–Crippen LogP) is 1.12. The Balaban J connectivity index is 1.95. The molecule has 5 nitrogen and oxygen atoms in total. The molecule has 6 heteroatoms. The molecule has 0 radical (unpaired) electrons. The number of nitrogens with zero attached hydrogens (tertiary/aromatic N) is 5. The van der Waals surface area contributed by atoms with Crippen LogP contribution in [-0.2, 0) is 0 Å². The molecule has 0 N–H and O–H groups in total. The van der Waals surface area contributed by atoms with Crippen molar-refractivity contribution < 1.29 is 0 Å². The van der Waals surface area contributed by atoms with Crippen LogP contribution in [0.5, 0.6) is 0 Å². The van der Waals surface area contributed by atoms with Crippen LogP contribution in [0.1, 0.15) is 6.92 Å². The van der Waals surface area contributed by atoms with Crippen LogP contribution in [0, 0.1) is 15.0 Å². The molecule has 1 fully saturated rings. The van der Waals surface area contributed by atoms with Gasteiger partial charge >= 0.3 is 0 Å². The first-order valence-electron chi connectivity index (χ1n) is 5.58. The van der Waals surface area contributed by atoms with Crippen molar-refractivity contribution in [3.8, 4) is 6.07 Å². The maximum Gasteiger partial charge on any atom is 0.151 e. The molecule has 0 bridgehead atoms. The van der Waals surface area contributed by atoms with E-state index in [1.165, 1.54) is 0 Å². The molecule has 2 rings (SSSR count). The third-order valence-corrected chi connectivity index (χ3v) is 3.57. The second kappa shape index (κ2) is 5.60. The minimum atomic E-state index is -0.0000408. The Kier molecular flexibility index (Phi) is 4.12. The zero-order chi connectivity index (χ0) is 12.3. The van der Waals surface area contributed by atoms with Gasteiger partial charge in [0.05, 0.1) is 12.1 Å². The molecular formula is C11H14IN5. The first-order chi connectivity index (χ1) is 8.20. The Hall–Kier alpha value is -0.940. The van der Waals surface area contributed by atoms with E-state index in [4.69, 9.17) is 5.26 Å². The SMILES string of the molecule is CC(C#N)N1CCN(c2ccc(I)nn2)CC1. The van der Waals surface area contributed by atoms with Crippen molar-refractivity contribution in [2.45, 2.75) is 13.0 Å². The largest absolute Gasteiger partial charge is 0.353 e. The topological polar surface area (TPSA) is 56.1 Å². The molecule has 0 spiro atoms. The number of nitriles is 1. The zero-order valence-corrected chi connectivity index (χ0v) is 11.8. The number of hydrogen-bond donors (Lipinski definition) is 0. The Labute approximate surface area is 115 Å².